The van der Waals surface area contributed by atoms with Gasteiger partial charge in [-0.25, -0.2) is 9.67 Å². The summed E-state index contributed by atoms with van der Waals surface area (Å²) in [5, 5.41) is 8.55. The molecule has 0 aromatic carbocycles. The second kappa shape index (κ2) is 5.07. The summed E-state index contributed by atoms with van der Waals surface area (Å²) in [6, 6.07) is 1.87. The van der Waals surface area contributed by atoms with Crippen molar-refractivity contribution >= 4 is 16.9 Å². The van der Waals surface area contributed by atoms with Crippen LogP contribution in [-0.4, -0.2) is 27.2 Å². The molecule has 1 amide bonds. The van der Waals surface area contributed by atoms with Crippen LogP contribution in [0.1, 0.15) is 55.4 Å². The first-order valence-corrected chi connectivity index (χ1v) is 7.93. The van der Waals surface area contributed by atoms with Gasteiger partial charge >= 0.3 is 0 Å². The van der Waals surface area contributed by atoms with Gasteiger partial charge < -0.3 is 5.32 Å². The Morgan fingerprint density at radius 1 is 1.36 bits per heavy atom. The van der Waals surface area contributed by atoms with E-state index in [2.05, 4.69) is 36.2 Å². The van der Waals surface area contributed by atoms with Crippen molar-refractivity contribution in [1.29, 1.82) is 0 Å². The van der Waals surface area contributed by atoms with Crippen LogP contribution in [0.15, 0.2) is 6.07 Å². The molecule has 5 nitrogen and oxygen atoms in total. The predicted molar refractivity (Wildman–Crippen MR) is 87.1 cm³/mol. The van der Waals surface area contributed by atoms with E-state index in [4.69, 9.17) is 0 Å². The summed E-state index contributed by atoms with van der Waals surface area (Å²) in [5.41, 5.74) is 3.01. The molecule has 1 saturated carbocycles. The zero-order valence-electron chi connectivity index (χ0n) is 14.0. The number of hydrogen-bond acceptors (Lipinski definition) is 3. The molecular formula is C17H24N4O. The van der Waals surface area contributed by atoms with Crippen molar-refractivity contribution in [3.05, 3.63) is 23.0 Å². The zero-order valence-corrected chi connectivity index (χ0v) is 14.0. The number of hydrogen-bond donors (Lipinski definition) is 1. The smallest absolute Gasteiger partial charge is 0.252 e. The number of aromatic nitrogens is 3. The van der Waals surface area contributed by atoms with E-state index in [1.165, 1.54) is 12.8 Å². The van der Waals surface area contributed by atoms with Crippen LogP contribution in [0.3, 0.4) is 0 Å². The largest absolute Gasteiger partial charge is 0.352 e. The molecule has 3 rings (SSSR count). The lowest BCUT2D eigenvalue weighted by atomic mass is 10.1. The van der Waals surface area contributed by atoms with Gasteiger partial charge in [0.2, 0.25) is 0 Å². The SMILES string of the molecule is Cc1cc(C(=O)NCC2CC2)c2c(C)nn(C(C)(C)C)c2n1. The molecule has 1 aliphatic carbocycles. The van der Waals surface area contributed by atoms with Gasteiger partial charge in [0, 0.05) is 12.2 Å². The minimum Gasteiger partial charge on any atom is -0.352 e. The van der Waals surface area contributed by atoms with Gasteiger partial charge in [0.15, 0.2) is 5.65 Å². The van der Waals surface area contributed by atoms with Crippen molar-refractivity contribution in [2.45, 2.75) is 53.0 Å². The lowest BCUT2D eigenvalue weighted by molar-refractivity contribution is 0.0953. The van der Waals surface area contributed by atoms with Crippen LogP contribution < -0.4 is 5.32 Å². The number of pyridine rings is 1. The van der Waals surface area contributed by atoms with E-state index in [0.717, 1.165) is 29.0 Å². The summed E-state index contributed by atoms with van der Waals surface area (Å²) >= 11 is 0. The standard InChI is InChI=1S/C17H24N4O/c1-10-8-13(16(22)18-9-12-6-7-12)14-11(2)20-21(15(14)19-10)17(3,4)5/h8,12H,6-7,9H2,1-5H3,(H,18,22). The van der Waals surface area contributed by atoms with Gasteiger partial charge in [0.05, 0.1) is 22.2 Å². The number of aryl methyl sites for hydroxylation is 2. The van der Waals surface area contributed by atoms with Crippen molar-refractivity contribution in [1.82, 2.24) is 20.1 Å². The molecule has 0 unspecified atom stereocenters. The molecule has 0 aliphatic heterocycles. The zero-order chi connectivity index (χ0) is 16.1. The second-order valence-corrected chi connectivity index (χ2v) is 7.33. The maximum atomic E-state index is 12.6. The third-order valence-electron chi connectivity index (χ3n) is 4.07. The molecule has 118 valence electrons. The Balaban J connectivity index is 2.09. The van der Waals surface area contributed by atoms with Crippen LogP contribution in [0.2, 0.25) is 0 Å². The molecule has 5 heteroatoms. The number of carbonyl (C=O) groups is 1. The van der Waals surface area contributed by atoms with Crippen LogP contribution >= 0.6 is 0 Å². The Hall–Kier alpha value is -1.91. The lowest BCUT2D eigenvalue weighted by Gasteiger charge is -2.20. The maximum absolute atomic E-state index is 12.6. The third kappa shape index (κ3) is 2.72. The van der Waals surface area contributed by atoms with Crippen LogP contribution in [0, 0.1) is 19.8 Å². The lowest BCUT2D eigenvalue weighted by Crippen LogP contribution is -2.26. The summed E-state index contributed by atoms with van der Waals surface area (Å²) < 4.78 is 1.92. The van der Waals surface area contributed by atoms with E-state index in [1.807, 2.05) is 24.6 Å². The minimum absolute atomic E-state index is 0.0149. The average Bonchev–Trinajstić information content (AvgIpc) is 3.18. The highest BCUT2D eigenvalue weighted by Gasteiger charge is 2.26. The maximum Gasteiger partial charge on any atom is 0.252 e. The van der Waals surface area contributed by atoms with Crippen LogP contribution in [0.25, 0.3) is 11.0 Å². The molecule has 1 N–H and O–H groups in total. The fourth-order valence-electron chi connectivity index (χ4n) is 2.72. The highest BCUT2D eigenvalue weighted by atomic mass is 16.1. The molecule has 0 radical (unpaired) electrons. The molecule has 0 atom stereocenters. The fourth-order valence-corrected chi connectivity index (χ4v) is 2.72. The Morgan fingerprint density at radius 2 is 2.05 bits per heavy atom. The van der Waals surface area contributed by atoms with E-state index in [-0.39, 0.29) is 11.4 Å². The molecule has 0 bridgehead atoms. The highest BCUT2D eigenvalue weighted by Crippen LogP contribution is 2.29. The molecule has 1 fully saturated rings. The molecule has 0 saturated heterocycles. The Bertz CT molecular complexity index is 735. The number of nitrogens with one attached hydrogen (secondary N) is 1. The number of fused-ring (bicyclic) bond motifs is 1. The van der Waals surface area contributed by atoms with Gasteiger partial charge in [-0.3, -0.25) is 4.79 Å². The number of nitrogens with zero attached hydrogens (tertiary/aromatic N) is 3. The van der Waals surface area contributed by atoms with Gasteiger partial charge in [-0.05, 0) is 59.4 Å². The first-order chi connectivity index (χ1) is 10.3. The van der Waals surface area contributed by atoms with E-state index in [1.54, 1.807) is 0 Å². The first-order valence-electron chi connectivity index (χ1n) is 7.93. The summed E-state index contributed by atoms with van der Waals surface area (Å²) in [4.78, 5) is 17.2. The summed E-state index contributed by atoms with van der Waals surface area (Å²) in [5.74, 6) is 0.653. The molecule has 2 aromatic heterocycles. The Morgan fingerprint density at radius 3 is 2.64 bits per heavy atom. The third-order valence-corrected chi connectivity index (χ3v) is 4.07. The monoisotopic (exact) mass is 300 g/mol. The van der Waals surface area contributed by atoms with Gasteiger partial charge in [-0.1, -0.05) is 0 Å². The normalized spacial score (nSPS) is 15.3. The van der Waals surface area contributed by atoms with Crippen molar-refractivity contribution in [2.24, 2.45) is 5.92 Å². The summed E-state index contributed by atoms with van der Waals surface area (Å²) in [6.07, 6.45) is 2.46. The van der Waals surface area contributed by atoms with Gasteiger partial charge in [-0.15, -0.1) is 0 Å². The molecule has 0 spiro atoms. The molecule has 1 aliphatic rings. The van der Waals surface area contributed by atoms with Gasteiger partial charge in [0.25, 0.3) is 5.91 Å². The summed E-state index contributed by atoms with van der Waals surface area (Å²) in [7, 11) is 0. The molecule has 2 aromatic rings. The number of carbonyl (C=O) groups excluding carboxylic acids is 1. The molecule has 22 heavy (non-hydrogen) atoms. The number of amides is 1. The Kier molecular flexibility index (Phi) is 3.46. The average molecular weight is 300 g/mol. The van der Waals surface area contributed by atoms with Crippen molar-refractivity contribution in [3.63, 3.8) is 0 Å². The Labute approximate surface area is 131 Å². The molecular weight excluding hydrogens is 276 g/mol. The minimum atomic E-state index is -0.172. The quantitative estimate of drug-likeness (QED) is 0.948. The van der Waals surface area contributed by atoms with E-state index >= 15 is 0 Å². The fraction of sp³-hybridized carbons (Fsp3) is 0.588. The predicted octanol–water partition coefficient (Wildman–Crippen LogP) is 2.94. The second-order valence-electron chi connectivity index (χ2n) is 7.33. The van der Waals surface area contributed by atoms with Crippen molar-refractivity contribution in [2.75, 3.05) is 6.54 Å². The van der Waals surface area contributed by atoms with Crippen LogP contribution in [0.5, 0.6) is 0 Å². The highest BCUT2D eigenvalue weighted by molar-refractivity contribution is 6.06. The van der Waals surface area contributed by atoms with Crippen molar-refractivity contribution < 1.29 is 4.79 Å². The van der Waals surface area contributed by atoms with Crippen LogP contribution in [-0.2, 0) is 5.54 Å². The first kappa shape index (κ1) is 15.0. The van der Waals surface area contributed by atoms with Crippen LogP contribution in [0.4, 0.5) is 0 Å². The van der Waals surface area contributed by atoms with E-state index < -0.39 is 0 Å². The number of rotatable bonds is 3. The topological polar surface area (TPSA) is 59.8 Å². The van der Waals surface area contributed by atoms with Gasteiger partial charge in [0.1, 0.15) is 0 Å². The summed E-state index contributed by atoms with van der Waals surface area (Å²) in [6.45, 7) is 10.9. The molecule has 2 heterocycles. The van der Waals surface area contributed by atoms with E-state index in [9.17, 15) is 4.79 Å². The van der Waals surface area contributed by atoms with E-state index in [0.29, 0.717) is 11.5 Å². The van der Waals surface area contributed by atoms with Gasteiger partial charge in [-0.2, -0.15) is 5.10 Å². The van der Waals surface area contributed by atoms with Crippen molar-refractivity contribution in [3.8, 4) is 0 Å².